The maximum absolute atomic E-state index is 12.6. The highest BCUT2D eigenvalue weighted by atomic mass is 19.3. The molecule has 36 heavy (non-hydrogen) atoms. The summed E-state index contributed by atoms with van der Waals surface area (Å²) < 4.78 is 26.8. The maximum atomic E-state index is 12.6. The molecule has 2 aromatic heterocycles. The van der Waals surface area contributed by atoms with Gasteiger partial charge in [-0.3, -0.25) is 14.8 Å². The van der Waals surface area contributed by atoms with Crippen molar-refractivity contribution in [3.05, 3.63) is 80.6 Å². The van der Waals surface area contributed by atoms with E-state index in [0.717, 1.165) is 35.1 Å². The van der Waals surface area contributed by atoms with Crippen LogP contribution in [0, 0.1) is 11.3 Å². The molecule has 0 amide bonds. The quantitative estimate of drug-likeness (QED) is 0.375. The highest BCUT2D eigenvalue weighted by molar-refractivity contribution is 5.85. The number of rotatable bonds is 7. The van der Waals surface area contributed by atoms with Crippen molar-refractivity contribution in [3.63, 3.8) is 0 Å². The van der Waals surface area contributed by atoms with Crippen LogP contribution in [0.4, 0.5) is 14.5 Å². The van der Waals surface area contributed by atoms with Gasteiger partial charge in [0.15, 0.2) is 5.49 Å². The van der Waals surface area contributed by atoms with Gasteiger partial charge < -0.3 is 15.7 Å². The number of nitrogens with zero attached hydrogens (tertiary/aromatic N) is 3. The van der Waals surface area contributed by atoms with Crippen LogP contribution in [0.2, 0.25) is 0 Å². The van der Waals surface area contributed by atoms with E-state index in [9.17, 15) is 18.4 Å². The minimum Gasteiger partial charge on any atom is -0.384 e. The SMILES string of the molecule is C=Cn1nc(-c2c[nH]c(=O)[nH]c2=O)cc(C2CC2)c1=NC.N=Cc1ccccc1NCC1CC1(F)F. The molecule has 0 radical (unpaired) electrons. The van der Waals surface area contributed by atoms with Crippen molar-refractivity contribution in [2.24, 2.45) is 10.9 Å². The number of hydrogen-bond acceptors (Lipinski definition) is 6. The number of para-hydroxylation sites is 1. The minimum absolute atomic E-state index is 0.0211. The number of H-pyrrole nitrogens is 2. The first kappa shape index (κ1) is 25.0. The molecule has 0 aliphatic heterocycles. The first-order valence-electron chi connectivity index (χ1n) is 11.5. The van der Waals surface area contributed by atoms with Crippen molar-refractivity contribution in [1.82, 2.24) is 19.7 Å². The zero-order valence-corrected chi connectivity index (χ0v) is 19.7. The molecule has 0 bridgehead atoms. The van der Waals surface area contributed by atoms with E-state index in [2.05, 4.69) is 32.0 Å². The van der Waals surface area contributed by atoms with Crippen LogP contribution in [0.1, 0.15) is 36.3 Å². The fourth-order valence-corrected chi connectivity index (χ4v) is 3.83. The molecule has 5 rings (SSSR count). The van der Waals surface area contributed by atoms with Gasteiger partial charge >= 0.3 is 5.69 Å². The van der Waals surface area contributed by atoms with Gasteiger partial charge in [-0.25, -0.2) is 18.3 Å². The van der Waals surface area contributed by atoms with Crippen LogP contribution in [0.3, 0.4) is 0 Å². The molecule has 2 aliphatic carbocycles. The Morgan fingerprint density at radius 1 is 1.33 bits per heavy atom. The molecular weight excluding hydrogens is 468 g/mol. The van der Waals surface area contributed by atoms with Crippen LogP contribution in [-0.2, 0) is 0 Å². The van der Waals surface area contributed by atoms with Crippen LogP contribution in [0.25, 0.3) is 17.5 Å². The molecular formula is C25H27F2N7O2. The Labute approximate surface area is 205 Å². The summed E-state index contributed by atoms with van der Waals surface area (Å²) in [5.74, 6) is -2.58. The predicted octanol–water partition coefficient (Wildman–Crippen LogP) is 3.19. The third-order valence-corrected chi connectivity index (χ3v) is 6.09. The molecule has 11 heteroatoms. The van der Waals surface area contributed by atoms with Gasteiger partial charge in [-0.1, -0.05) is 24.8 Å². The van der Waals surface area contributed by atoms with E-state index in [1.807, 2.05) is 18.2 Å². The van der Waals surface area contributed by atoms with E-state index in [1.165, 1.54) is 12.4 Å². The second-order valence-corrected chi connectivity index (χ2v) is 8.69. The molecule has 2 saturated carbocycles. The standard InChI is InChI=1S/C14H15N5O2.C11H12F2N2/c1-3-19-12(15-2)9(8-4-5-8)6-11(18-19)10-7-16-14(21)17-13(10)20;12-11(13)5-9(11)7-15-10-4-2-1-3-8(10)6-14/h3,6-8H,1,4-5H2,2H3,(H2,16,17,20,21);1-4,6,9,14-15H,5,7H2. The van der Waals surface area contributed by atoms with E-state index in [0.29, 0.717) is 17.2 Å². The van der Waals surface area contributed by atoms with E-state index in [-0.39, 0.29) is 13.0 Å². The number of aromatic amines is 2. The van der Waals surface area contributed by atoms with E-state index >= 15 is 0 Å². The Morgan fingerprint density at radius 3 is 2.64 bits per heavy atom. The summed E-state index contributed by atoms with van der Waals surface area (Å²) in [6, 6.07) is 9.07. The fraction of sp³-hybridized carbons (Fsp3) is 0.320. The van der Waals surface area contributed by atoms with E-state index < -0.39 is 23.1 Å². The van der Waals surface area contributed by atoms with Crippen LogP contribution in [-0.4, -0.2) is 45.5 Å². The zero-order chi connectivity index (χ0) is 25.9. The van der Waals surface area contributed by atoms with Crippen molar-refractivity contribution in [3.8, 4) is 11.3 Å². The number of nitrogens with one attached hydrogen (secondary N) is 4. The lowest BCUT2D eigenvalue weighted by molar-refractivity contribution is 0.101. The first-order chi connectivity index (χ1) is 17.3. The van der Waals surface area contributed by atoms with Crippen molar-refractivity contribution in [2.75, 3.05) is 18.9 Å². The molecule has 1 atom stereocenters. The molecule has 2 fully saturated rings. The van der Waals surface area contributed by atoms with Gasteiger partial charge in [0.25, 0.3) is 11.5 Å². The smallest absolute Gasteiger partial charge is 0.325 e. The van der Waals surface area contributed by atoms with E-state index in [4.69, 9.17) is 5.41 Å². The van der Waals surface area contributed by atoms with Gasteiger partial charge in [-0.15, -0.1) is 0 Å². The van der Waals surface area contributed by atoms with Crippen molar-refractivity contribution >= 4 is 18.1 Å². The topological polar surface area (TPSA) is 132 Å². The average Bonchev–Trinajstić information content (AvgIpc) is 3.80. The summed E-state index contributed by atoms with van der Waals surface area (Å²) in [5, 5.41) is 14.5. The molecule has 188 valence electrons. The zero-order valence-electron chi connectivity index (χ0n) is 19.7. The first-order valence-corrected chi connectivity index (χ1v) is 11.5. The Bertz CT molecular complexity index is 1470. The number of anilines is 1. The van der Waals surface area contributed by atoms with Gasteiger partial charge in [0.1, 0.15) is 0 Å². The fourth-order valence-electron chi connectivity index (χ4n) is 3.83. The summed E-state index contributed by atoms with van der Waals surface area (Å²) in [6.07, 6.45) is 6.32. The normalized spacial score (nSPS) is 18.1. The summed E-state index contributed by atoms with van der Waals surface area (Å²) in [5.41, 5.74) is 3.06. The lowest BCUT2D eigenvalue weighted by Gasteiger charge is -2.09. The summed E-state index contributed by atoms with van der Waals surface area (Å²) >= 11 is 0. The number of aromatic nitrogens is 4. The number of benzene rings is 1. The lowest BCUT2D eigenvalue weighted by Crippen LogP contribution is -2.27. The Morgan fingerprint density at radius 2 is 2.06 bits per heavy atom. The molecule has 4 N–H and O–H groups in total. The van der Waals surface area contributed by atoms with Crippen molar-refractivity contribution < 1.29 is 8.78 Å². The third-order valence-electron chi connectivity index (χ3n) is 6.09. The summed E-state index contributed by atoms with van der Waals surface area (Å²) in [7, 11) is 1.70. The largest absolute Gasteiger partial charge is 0.384 e. The van der Waals surface area contributed by atoms with Crippen LogP contribution >= 0.6 is 0 Å². The molecule has 9 nitrogen and oxygen atoms in total. The molecule has 2 aliphatic rings. The lowest BCUT2D eigenvalue weighted by atomic mass is 10.1. The minimum atomic E-state index is -2.48. The second kappa shape index (κ2) is 10.2. The van der Waals surface area contributed by atoms with Crippen molar-refractivity contribution in [2.45, 2.75) is 31.1 Å². The molecule has 1 unspecified atom stereocenters. The molecule has 0 spiro atoms. The third kappa shape index (κ3) is 5.56. The van der Waals surface area contributed by atoms with Crippen LogP contribution in [0.15, 0.2) is 57.7 Å². The summed E-state index contributed by atoms with van der Waals surface area (Å²) in [6.45, 7) is 4.00. The Balaban J connectivity index is 0.000000179. The second-order valence-electron chi connectivity index (χ2n) is 8.69. The van der Waals surface area contributed by atoms with Gasteiger partial charge in [0.2, 0.25) is 0 Å². The van der Waals surface area contributed by atoms with Crippen molar-refractivity contribution in [1.29, 1.82) is 5.41 Å². The highest BCUT2D eigenvalue weighted by Crippen LogP contribution is 2.48. The average molecular weight is 496 g/mol. The number of alkyl halides is 2. The number of halogens is 2. The van der Waals surface area contributed by atoms with Gasteiger partial charge in [-0.2, -0.15) is 5.10 Å². The molecule has 3 aromatic rings. The monoisotopic (exact) mass is 495 g/mol. The summed E-state index contributed by atoms with van der Waals surface area (Å²) in [4.78, 5) is 32.0. The van der Waals surface area contributed by atoms with E-state index in [1.54, 1.807) is 30.1 Å². The van der Waals surface area contributed by atoms with Crippen LogP contribution < -0.4 is 22.1 Å². The molecule has 2 heterocycles. The Hall–Kier alpha value is -4.15. The molecule has 1 aromatic carbocycles. The number of hydrogen-bond donors (Lipinski definition) is 4. The van der Waals surface area contributed by atoms with Gasteiger partial charge in [0, 0.05) is 61.4 Å². The van der Waals surface area contributed by atoms with Gasteiger partial charge in [0.05, 0.1) is 11.3 Å². The molecule has 0 saturated heterocycles. The predicted molar refractivity (Wildman–Crippen MR) is 135 cm³/mol. The van der Waals surface area contributed by atoms with Gasteiger partial charge in [-0.05, 0) is 30.9 Å². The van der Waals surface area contributed by atoms with Crippen LogP contribution in [0.5, 0.6) is 0 Å². The maximum Gasteiger partial charge on any atom is 0.325 e. The highest BCUT2D eigenvalue weighted by Gasteiger charge is 2.56. The Kier molecular flexibility index (Phi) is 7.09.